The molecule has 138 valence electrons. The molecule has 0 spiro atoms. The van der Waals surface area contributed by atoms with Crippen LogP contribution >= 0.6 is 23.4 Å². The number of rotatable bonds is 6. The molecule has 0 unspecified atom stereocenters. The van der Waals surface area contributed by atoms with E-state index >= 15 is 0 Å². The molecular weight excluding hydrogens is 374 g/mol. The van der Waals surface area contributed by atoms with Gasteiger partial charge in [-0.3, -0.25) is 4.79 Å². The van der Waals surface area contributed by atoms with Crippen molar-refractivity contribution >= 4 is 29.3 Å². The summed E-state index contributed by atoms with van der Waals surface area (Å²) >= 11 is 7.57. The van der Waals surface area contributed by atoms with Crippen LogP contribution in [0.25, 0.3) is 0 Å². The molecule has 0 aromatic heterocycles. The van der Waals surface area contributed by atoms with Crippen LogP contribution in [0.3, 0.4) is 0 Å². The highest BCUT2D eigenvalue weighted by Gasteiger charge is 2.32. The van der Waals surface area contributed by atoms with Gasteiger partial charge in [0.1, 0.15) is 22.6 Å². The molecule has 3 rings (SSSR count). The second-order valence-corrected chi connectivity index (χ2v) is 7.29. The number of halogens is 1. The van der Waals surface area contributed by atoms with E-state index in [2.05, 4.69) is 0 Å². The number of hydrogen-bond acceptors (Lipinski definition) is 5. The van der Waals surface area contributed by atoms with Crippen molar-refractivity contribution in [1.29, 1.82) is 0 Å². The lowest BCUT2D eigenvalue weighted by molar-refractivity contribution is -0.133. The molecular formula is C19H20ClNO4S. The van der Waals surface area contributed by atoms with Crippen LogP contribution in [0.2, 0.25) is 5.02 Å². The minimum atomic E-state index is -0.0998. The lowest BCUT2D eigenvalue weighted by Crippen LogP contribution is -2.34. The standard InChI is InChI=1S/C19H20ClNO4S/c1-23-15-7-8-16(17(11-15)24-2)19-21(9-10-26-19)18(22)12-25-14-5-3-13(20)4-6-14/h3-8,11,19H,9-10,12H2,1-2H3/t19-/m0/s1. The summed E-state index contributed by atoms with van der Waals surface area (Å²) in [6, 6.07) is 12.6. The van der Waals surface area contributed by atoms with Gasteiger partial charge in [0.15, 0.2) is 6.61 Å². The van der Waals surface area contributed by atoms with Gasteiger partial charge in [0.05, 0.1) is 14.2 Å². The molecule has 5 nitrogen and oxygen atoms in total. The molecule has 0 aliphatic carbocycles. The number of thioether (sulfide) groups is 1. The molecule has 0 radical (unpaired) electrons. The van der Waals surface area contributed by atoms with Gasteiger partial charge in [0, 0.05) is 29.0 Å². The first kappa shape index (κ1) is 18.7. The molecule has 0 N–H and O–H groups in total. The van der Waals surface area contributed by atoms with Crippen LogP contribution in [-0.2, 0) is 4.79 Å². The van der Waals surface area contributed by atoms with Crippen molar-refractivity contribution in [2.24, 2.45) is 0 Å². The smallest absolute Gasteiger partial charge is 0.261 e. The summed E-state index contributed by atoms with van der Waals surface area (Å²) in [7, 11) is 3.23. The highest BCUT2D eigenvalue weighted by Crippen LogP contribution is 2.43. The Morgan fingerprint density at radius 1 is 1.15 bits per heavy atom. The van der Waals surface area contributed by atoms with Gasteiger partial charge in [0.2, 0.25) is 0 Å². The second-order valence-electron chi connectivity index (χ2n) is 5.66. The number of hydrogen-bond donors (Lipinski definition) is 0. The zero-order chi connectivity index (χ0) is 18.5. The van der Waals surface area contributed by atoms with Gasteiger partial charge in [-0.05, 0) is 36.4 Å². The third kappa shape index (κ3) is 4.19. The van der Waals surface area contributed by atoms with Crippen molar-refractivity contribution in [2.45, 2.75) is 5.37 Å². The maximum absolute atomic E-state index is 12.7. The van der Waals surface area contributed by atoms with Gasteiger partial charge >= 0.3 is 0 Å². The Bertz CT molecular complexity index is 769. The maximum atomic E-state index is 12.7. The Hall–Kier alpha value is -2.05. The monoisotopic (exact) mass is 393 g/mol. The predicted molar refractivity (Wildman–Crippen MR) is 103 cm³/mol. The topological polar surface area (TPSA) is 48.0 Å². The number of benzene rings is 2. The quantitative estimate of drug-likeness (QED) is 0.742. The summed E-state index contributed by atoms with van der Waals surface area (Å²) in [6.45, 7) is 0.657. The first-order valence-electron chi connectivity index (χ1n) is 8.13. The molecule has 0 saturated carbocycles. The fourth-order valence-corrected chi connectivity index (χ4v) is 4.19. The number of carbonyl (C=O) groups excluding carboxylic acids is 1. The van der Waals surface area contributed by atoms with E-state index in [9.17, 15) is 4.79 Å². The SMILES string of the molecule is COc1ccc([C@@H]2SCCN2C(=O)COc2ccc(Cl)cc2)c(OC)c1. The second kappa shape index (κ2) is 8.56. The van der Waals surface area contributed by atoms with Crippen LogP contribution < -0.4 is 14.2 Å². The molecule has 2 aromatic carbocycles. The van der Waals surface area contributed by atoms with Crippen molar-refractivity contribution in [3.63, 3.8) is 0 Å². The summed E-state index contributed by atoms with van der Waals surface area (Å²) in [5.41, 5.74) is 0.954. The average molecular weight is 394 g/mol. The molecule has 1 heterocycles. The average Bonchev–Trinajstić information content (AvgIpc) is 3.16. The number of amides is 1. The highest BCUT2D eigenvalue weighted by molar-refractivity contribution is 7.99. The molecule has 26 heavy (non-hydrogen) atoms. The van der Waals surface area contributed by atoms with Crippen LogP contribution in [0.15, 0.2) is 42.5 Å². The largest absolute Gasteiger partial charge is 0.497 e. The number of ether oxygens (including phenoxy) is 3. The maximum Gasteiger partial charge on any atom is 0.261 e. The Morgan fingerprint density at radius 3 is 2.58 bits per heavy atom. The Kier molecular flexibility index (Phi) is 6.16. The summed E-state index contributed by atoms with van der Waals surface area (Å²) in [4.78, 5) is 14.5. The van der Waals surface area contributed by atoms with Gasteiger partial charge in [-0.25, -0.2) is 0 Å². The van der Waals surface area contributed by atoms with E-state index in [4.69, 9.17) is 25.8 Å². The lowest BCUT2D eigenvalue weighted by Gasteiger charge is -2.25. The van der Waals surface area contributed by atoms with Crippen molar-refractivity contribution in [2.75, 3.05) is 33.1 Å². The third-order valence-corrected chi connectivity index (χ3v) is 5.59. The summed E-state index contributed by atoms with van der Waals surface area (Å²) in [5, 5.41) is 0.531. The fourth-order valence-electron chi connectivity index (χ4n) is 2.76. The number of methoxy groups -OCH3 is 2. The molecule has 1 fully saturated rings. The van der Waals surface area contributed by atoms with Crippen LogP contribution in [-0.4, -0.2) is 43.9 Å². The number of nitrogens with zero attached hydrogens (tertiary/aromatic N) is 1. The molecule has 1 amide bonds. The first-order valence-corrected chi connectivity index (χ1v) is 9.56. The van der Waals surface area contributed by atoms with E-state index in [1.54, 1.807) is 50.2 Å². The van der Waals surface area contributed by atoms with Crippen molar-refractivity contribution < 1.29 is 19.0 Å². The van der Waals surface area contributed by atoms with Crippen molar-refractivity contribution in [1.82, 2.24) is 4.90 Å². The Morgan fingerprint density at radius 2 is 1.88 bits per heavy atom. The third-order valence-electron chi connectivity index (χ3n) is 4.09. The molecule has 2 aromatic rings. The van der Waals surface area contributed by atoms with Gasteiger partial charge in [0.25, 0.3) is 5.91 Å². The first-order chi connectivity index (χ1) is 12.6. The van der Waals surface area contributed by atoms with E-state index in [1.807, 2.05) is 23.1 Å². The van der Waals surface area contributed by atoms with Crippen molar-refractivity contribution in [3.05, 3.63) is 53.1 Å². The van der Waals surface area contributed by atoms with Crippen LogP contribution in [0.5, 0.6) is 17.2 Å². The molecule has 1 atom stereocenters. The zero-order valence-electron chi connectivity index (χ0n) is 14.6. The summed E-state index contributed by atoms with van der Waals surface area (Å²) in [6.07, 6.45) is 0. The van der Waals surface area contributed by atoms with E-state index in [-0.39, 0.29) is 17.9 Å². The van der Waals surface area contributed by atoms with Crippen LogP contribution in [0, 0.1) is 0 Å². The lowest BCUT2D eigenvalue weighted by atomic mass is 10.1. The molecule has 0 bridgehead atoms. The van der Waals surface area contributed by atoms with E-state index < -0.39 is 0 Å². The van der Waals surface area contributed by atoms with Gasteiger partial charge < -0.3 is 19.1 Å². The van der Waals surface area contributed by atoms with Crippen LogP contribution in [0.1, 0.15) is 10.9 Å². The van der Waals surface area contributed by atoms with Crippen LogP contribution in [0.4, 0.5) is 0 Å². The summed E-state index contributed by atoms with van der Waals surface area (Å²) < 4.78 is 16.3. The molecule has 1 aliphatic heterocycles. The minimum absolute atomic E-state index is 0.0167. The predicted octanol–water partition coefficient (Wildman–Crippen LogP) is 4.01. The van der Waals surface area contributed by atoms with Gasteiger partial charge in [-0.2, -0.15) is 0 Å². The van der Waals surface area contributed by atoms with E-state index in [0.29, 0.717) is 23.1 Å². The normalized spacial score (nSPS) is 16.4. The fraction of sp³-hybridized carbons (Fsp3) is 0.316. The van der Waals surface area contributed by atoms with E-state index in [0.717, 1.165) is 17.1 Å². The van der Waals surface area contributed by atoms with E-state index in [1.165, 1.54) is 0 Å². The van der Waals surface area contributed by atoms with Crippen molar-refractivity contribution in [3.8, 4) is 17.2 Å². The molecule has 1 aliphatic rings. The molecule has 7 heteroatoms. The Balaban J connectivity index is 1.71. The Labute approximate surface area is 162 Å². The number of carbonyl (C=O) groups is 1. The van der Waals surface area contributed by atoms with Gasteiger partial charge in [-0.1, -0.05) is 11.6 Å². The van der Waals surface area contributed by atoms with Gasteiger partial charge in [-0.15, -0.1) is 11.8 Å². The molecule has 1 saturated heterocycles. The highest BCUT2D eigenvalue weighted by atomic mass is 35.5. The zero-order valence-corrected chi connectivity index (χ0v) is 16.2. The minimum Gasteiger partial charge on any atom is -0.497 e. The summed E-state index contributed by atoms with van der Waals surface area (Å²) in [5.74, 6) is 2.85.